The van der Waals surface area contributed by atoms with E-state index in [1.165, 1.54) is 0 Å². The summed E-state index contributed by atoms with van der Waals surface area (Å²) in [5.74, 6) is -0.830. The van der Waals surface area contributed by atoms with Crippen LogP contribution in [0.15, 0.2) is 0 Å². The van der Waals surface area contributed by atoms with Gasteiger partial charge in [-0.25, -0.2) is 0 Å². The van der Waals surface area contributed by atoms with Gasteiger partial charge in [-0.3, -0.25) is 4.79 Å². The Kier molecular flexibility index (Phi) is 4.28. The fourth-order valence-corrected chi connectivity index (χ4v) is 0.962. The van der Waals surface area contributed by atoms with Crippen LogP contribution in [0, 0.1) is 23.2 Å². The van der Waals surface area contributed by atoms with Gasteiger partial charge in [-0.05, 0) is 12.3 Å². The number of nitrogens with zero attached hydrogens (tertiary/aromatic N) is 1. The van der Waals surface area contributed by atoms with Gasteiger partial charge in [-0.1, -0.05) is 13.8 Å². The molecule has 0 aliphatic rings. The Hall–Kier alpha value is -1.04. The Morgan fingerprint density at radius 3 is 2.45 bits per heavy atom. The average Bonchev–Trinajstić information content (AvgIpc) is 1.84. The molecule has 0 aromatic carbocycles. The highest BCUT2D eigenvalue weighted by molar-refractivity contribution is 5.67. The van der Waals surface area contributed by atoms with E-state index in [0.29, 0.717) is 12.3 Å². The maximum Gasteiger partial charge on any atom is 0.304 e. The first kappa shape index (κ1) is 9.96. The van der Waals surface area contributed by atoms with E-state index in [0.717, 1.165) is 0 Å². The van der Waals surface area contributed by atoms with Crippen molar-refractivity contribution in [2.24, 2.45) is 11.8 Å². The summed E-state index contributed by atoms with van der Waals surface area (Å²) in [7, 11) is 0. The van der Waals surface area contributed by atoms with Gasteiger partial charge in [0.2, 0.25) is 0 Å². The molecule has 1 N–H and O–H groups in total. The van der Waals surface area contributed by atoms with Crippen molar-refractivity contribution in [3.05, 3.63) is 0 Å². The second kappa shape index (κ2) is 4.73. The molecule has 1 atom stereocenters. The molecule has 0 aliphatic carbocycles. The van der Waals surface area contributed by atoms with Crippen LogP contribution in [0.5, 0.6) is 0 Å². The summed E-state index contributed by atoms with van der Waals surface area (Å²) in [5, 5.41) is 16.9. The molecule has 0 bridgehead atoms. The molecule has 0 aromatic heterocycles. The summed E-state index contributed by atoms with van der Waals surface area (Å²) >= 11 is 0. The van der Waals surface area contributed by atoms with Crippen LogP contribution in [0.1, 0.15) is 26.7 Å². The van der Waals surface area contributed by atoms with Crippen molar-refractivity contribution >= 4 is 5.97 Å². The van der Waals surface area contributed by atoms with E-state index in [-0.39, 0.29) is 12.3 Å². The molecule has 0 saturated heterocycles. The Morgan fingerprint density at radius 2 is 2.18 bits per heavy atom. The number of carbonyl (C=O) groups is 1. The highest BCUT2D eigenvalue weighted by atomic mass is 16.4. The number of carboxylic acids is 1. The molecule has 62 valence electrons. The quantitative estimate of drug-likeness (QED) is 0.671. The molecule has 0 spiro atoms. The van der Waals surface area contributed by atoms with Gasteiger partial charge in [0.25, 0.3) is 0 Å². The average molecular weight is 155 g/mol. The molecule has 0 aromatic rings. The first-order valence-electron chi connectivity index (χ1n) is 3.67. The number of hydrogen-bond acceptors (Lipinski definition) is 2. The fraction of sp³-hybridized carbons (Fsp3) is 0.750. The third kappa shape index (κ3) is 5.41. The summed E-state index contributed by atoms with van der Waals surface area (Å²) in [6.07, 6.45) is 0.636. The molecule has 0 fully saturated rings. The van der Waals surface area contributed by atoms with Crippen LogP contribution in [0.3, 0.4) is 0 Å². The zero-order chi connectivity index (χ0) is 8.85. The van der Waals surface area contributed by atoms with Crippen LogP contribution in [0.4, 0.5) is 0 Å². The number of nitriles is 1. The lowest BCUT2D eigenvalue weighted by Gasteiger charge is -2.07. The minimum Gasteiger partial charge on any atom is -0.481 e. The van der Waals surface area contributed by atoms with Crippen molar-refractivity contribution < 1.29 is 9.90 Å². The highest BCUT2D eigenvalue weighted by Gasteiger charge is 2.13. The second-order valence-electron chi connectivity index (χ2n) is 3.05. The van der Waals surface area contributed by atoms with E-state index in [1.54, 1.807) is 0 Å². The highest BCUT2D eigenvalue weighted by Crippen LogP contribution is 2.13. The minimum atomic E-state index is -0.891. The maximum absolute atomic E-state index is 10.2. The maximum atomic E-state index is 10.2. The summed E-state index contributed by atoms with van der Waals surface area (Å²) in [4.78, 5) is 10.2. The van der Waals surface area contributed by atoms with Crippen molar-refractivity contribution in [2.75, 3.05) is 0 Å². The zero-order valence-corrected chi connectivity index (χ0v) is 6.87. The van der Waals surface area contributed by atoms with Gasteiger partial charge in [0.05, 0.1) is 18.4 Å². The van der Waals surface area contributed by atoms with Crippen molar-refractivity contribution in [3.63, 3.8) is 0 Å². The summed E-state index contributed by atoms with van der Waals surface area (Å²) < 4.78 is 0. The van der Waals surface area contributed by atoms with E-state index < -0.39 is 5.97 Å². The largest absolute Gasteiger partial charge is 0.481 e. The number of aliphatic carboxylic acids is 1. The van der Waals surface area contributed by atoms with Crippen molar-refractivity contribution in [1.82, 2.24) is 0 Å². The Morgan fingerprint density at radius 1 is 1.64 bits per heavy atom. The van der Waals surface area contributed by atoms with Gasteiger partial charge in [0.15, 0.2) is 0 Å². The summed E-state index contributed by atoms with van der Waals surface area (Å²) in [6.45, 7) is 3.96. The molecule has 0 aliphatic heterocycles. The number of hydrogen-bond donors (Lipinski definition) is 1. The fourth-order valence-electron chi connectivity index (χ4n) is 0.962. The van der Waals surface area contributed by atoms with Gasteiger partial charge in [0.1, 0.15) is 0 Å². The third-order valence-corrected chi connectivity index (χ3v) is 1.36. The van der Waals surface area contributed by atoms with Gasteiger partial charge >= 0.3 is 5.97 Å². The molecule has 0 radical (unpaired) electrons. The Labute approximate surface area is 66.6 Å². The van der Waals surface area contributed by atoms with Crippen LogP contribution in [-0.2, 0) is 4.79 Å². The molecule has 0 heterocycles. The standard InChI is InChI=1S/C8H13NO2/c1-6(2)3-7(5-9)4-8(10)11/h6-7H,3-4H2,1-2H3,(H,10,11)/t7-/m1/s1. The smallest absolute Gasteiger partial charge is 0.304 e. The van der Waals surface area contributed by atoms with E-state index in [1.807, 2.05) is 19.9 Å². The van der Waals surface area contributed by atoms with Gasteiger partial charge in [-0.15, -0.1) is 0 Å². The first-order valence-corrected chi connectivity index (χ1v) is 3.67. The number of rotatable bonds is 4. The first-order chi connectivity index (χ1) is 5.06. The topological polar surface area (TPSA) is 61.1 Å². The summed E-state index contributed by atoms with van der Waals surface area (Å²) in [6, 6.07) is 1.98. The van der Waals surface area contributed by atoms with E-state index in [2.05, 4.69) is 0 Å². The Bertz CT molecular complexity index is 169. The SMILES string of the molecule is CC(C)C[C@@H](C#N)CC(=O)O. The lowest BCUT2D eigenvalue weighted by molar-refractivity contribution is -0.137. The van der Waals surface area contributed by atoms with Gasteiger partial charge < -0.3 is 5.11 Å². The van der Waals surface area contributed by atoms with E-state index >= 15 is 0 Å². The molecule has 3 nitrogen and oxygen atoms in total. The van der Waals surface area contributed by atoms with Crippen LogP contribution in [-0.4, -0.2) is 11.1 Å². The lowest BCUT2D eigenvalue weighted by atomic mass is 9.96. The molecule has 0 amide bonds. The number of carboxylic acid groups (broad SMARTS) is 1. The summed E-state index contributed by atoms with van der Waals surface area (Å²) in [5.41, 5.74) is 0. The van der Waals surface area contributed by atoms with Crippen LogP contribution in [0.2, 0.25) is 0 Å². The van der Waals surface area contributed by atoms with Crippen LogP contribution < -0.4 is 0 Å². The Balaban J connectivity index is 3.79. The molecule has 0 unspecified atom stereocenters. The van der Waals surface area contributed by atoms with Crippen molar-refractivity contribution in [2.45, 2.75) is 26.7 Å². The minimum absolute atomic E-state index is 0.0331. The molecule has 11 heavy (non-hydrogen) atoms. The predicted octanol–water partition coefficient (Wildman–Crippen LogP) is 1.65. The van der Waals surface area contributed by atoms with Crippen LogP contribution >= 0.6 is 0 Å². The monoisotopic (exact) mass is 155 g/mol. The van der Waals surface area contributed by atoms with Crippen molar-refractivity contribution in [1.29, 1.82) is 5.26 Å². The molecule has 0 rings (SSSR count). The molecule has 3 heteroatoms. The van der Waals surface area contributed by atoms with E-state index in [4.69, 9.17) is 10.4 Å². The molecular weight excluding hydrogens is 142 g/mol. The molecular formula is C8H13NO2. The lowest BCUT2D eigenvalue weighted by Crippen LogP contribution is -2.08. The van der Waals surface area contributed by atoms with Gasteiger partial charge in [0, 0.05) is 0 Å². The van der Waals surface area contributed by atoms with Crippen molar-refractivity contribution in [3.8, 4) is 6.07 Å². The normalized spacial score (nSPS) is 12.5. The van der Waals surface area contributed by atoms with Gasteiger partial charge in [-0.2, -0.15) is 5.26 Å². The van der Waals surface area contributed by atoms with E-state index in [9.17, 15) is 4.79 Å². The molecule has 0 saturated carbocycles. The second-order valence-corrected chi connectivity index (χ2v) is 3.05. The van der Waals surface area contributed by atoms with Crippen LogP contribution in [0.25, 0.3) is 0 Å². The predicted molar refractivity (Wildman–Crippen MR) is 40.8 cm³/mol. The third-order valence-electron chi connectivity index (χ3n) is 1.36. The zero-order valence-electron chi connectivity index (χ0n) is 6.87.